The van der Waals surface area contributed by atoms with E-state index in [1.165, 1.54) is 0 Å². The molecule has 2 rings (SSSR count). The number of nitrogens with one attached hydrogen (secondary N) is 1. The largest absolute Gasteiger partial charge is 0.385 e. The molecule has 1 N–H and O–H groups in total. The van der Waals surface area contributed by atoms with E-state index >= 15 is 0 Å². The molecule has 0 fully saturated rings. The third kappa shape index (κ3) is 3.87. The van der Waals surface area contributed by atoms with E-state index in [4.69, 9.17) is 16.3 Å². The highest BCUT2D eigenvalue weighted by atomic mass is 35.5. The first-order valence-electron chi connectivity index (χ1n) is 7.14. The standard InChI is InChI=1S/C16H20ClN3O2/c1-11-16(17)12(2)20(19-11)14-8-6-13(7-9-14)18-15(21)5-4-10-22-3/h6-9H,4-5,10H2,1-3H3,(H,18,21). The van der Waals surface area contributed by atoms with E-state index in [0.717, 1.165) is 22.8 Å². The molecule has 6 heteroatoms. The minimum absolute atomic E-state index is 0.0149. The number of hydrogen-bond acceptors (Lipinski definition) is 3. The van der Waals surface area contributed by atoms with Gasteiger partial charge in [0.1, 0.15) is 0 Å². The highest BCUT2D eigenvalue weighted by Gasteiger charge is 2.10. The average Bonchev–Trinajstić information content (AvgIpc) is 2.76. The van der Waals surface area contributed by atoms with Crippen LogP contribution in [0, 0.1) is 13.8 Å². The van der Waals surface area contributed by atoms with Gasteiger partial charge in [-0.05, 0) is 44.5 Å². The molecule has 0 spiro atoms. The van der Waals surface area contributed by atoms with E-state index in [1.54, 1.807) is 11.8 Å². The lowest BCUT2D eigenvalue weighted by Crippen LogP contribution is -2.12. The fraction of sp³-hybridized carbons (Fsp3) is 0.375. The SMILES string of the molecule is COCCCC(=O)Nc1ccc(-n2nc(C)c(Cl)c2C)cc1. The zero-order chi connectivity index (χ0) is 16.1. The quantitative estimate of drug-likeness (QED) is 0.828. The lowest BCUT2D eigenvalue weighted by Gasteiger charge is -2.08. The van der Waals surface area contributed by atoms with Crippen molar-refractivity contribution in [2.24, 2.45) is 0 Å². The van der Waals surface area contributed by atoms with Gasteiger partial charge in [0.05, 0.1) is 22.1 Å². The van der Waals surface area contributed by atoms with Gasteiger partial charge in [0.15, 0.2) is 0 Å². The summed E-state index contributed by atoms with van der Waals surface area (Å²) >= 11 is 6.16. The van der Waals surface area contributed by atoms with Crippen molar-refractivity contribution in [3.05, 3.63) is 40.7 Å². The third-order valence-electron chi connectivity index (χ3n) is 3.35. The first kappa shape index (κ1) is 16.5. The first-order chi connectivity index (χ1) is 10.5. The summed E-state index contributed by atoms with van der Waals surface area (Å²) in [6, 6.07) is 7.52. The summed E-state index contributed by atoms with van der Waals surface area (Å²) < 4.78 is 6.72. The molecule has 0 aliphatic carbocycles. The predicted molar refractivity (Wildman–Crippen MR) is 87.8 cm³/mol. The Morgan fingerprint density at radius 2 is 2.00 bits per heavy atom. The molecule has 2 aromatic rings. The van der Waals surface area contributed by atoms with E-state index in [9.17, 15) is 4.79 Å². The Hall–Kier alpha value is -1.85. The fourth-order valence-electron chi connectivity index (χ4n) is 2.16. The molecular weight excluding hydrogens is 302 g/mol. The van der Waals surface area contributed by atoms with Gasteiger partial charge in [0, 0.05) is 25.8 Å². The maximum absolute atomic E-state index is 11.7. The molecule has 1 amide bonds. The summed E-state index contributed by atoms with van der Waals surface area (Å²) in [6.07, 6.45) is 1.16. The van der Waals surface area contributed by atoms with Crippen LogP contribution < -0.4 is 5.32 Å². The topological polar surface area (TPSA) is 56.1 Å². The highest BCUT2D eigenvalue weighted by Crippen LogP contribution is 2.23. The van der Waals surface area contributed by atoms with Gasteiger partial charge >= 0.3 is 0 Å². The Bertz CT molecular complexity index is 650. The maximum atomic E-state index is 11.7. The van der Waals surface area contributed by atoms with Crippen molar-refractivity contribution in [3.63, 3.8) is 0 Å². The van der Waals surface area contributed by atoms with Crippen LogP contribution >= 0.6 is 11.6 Å². The number of amides is 1. The van der Waals surface area contributed by atoms with Crippen LogP contribution in [0.25, 0.3) is 5.69 Å². The minimum Gasteiger partial charge on any atom is -0.385 e. The van der Waals surface area contributed by atoms with Crippen LogP contribution in [0.1, 0.15) is 24.2 Å². The van der Waals surface area contributed by atoms with Gasteiger partial charge in [0.25, 0.3) is 0 Å². The van der Waals surface area contributed by atoms with E-state index < -0.39 is 0 Å². The molecule has 0 unspecified atom stereocenters. The average molecular weight is 322 g/mol. The Balaban J connectivity index is 2.04. The second kappa shape index (κ2) is 7.42. The minimum atomic E-state index is -0.0149. The van der Waals surface area contributed by atoms with Crippen LogP contribution in [-0.4, -0.2) is 29.4 Å². The normalized spacial score (nSPS) is 10.7. The molecule has 0 bridgehead atoms. The Labute approximate surface area is 135 Å². The molecule has 1 aromatic heterocycles. The first-order valence-corrected chi connectivity index (χ1v) is 7.51. The number of ether oxygens (including phenoxy) is 1. The molecular formula is C16H20ClN3O2. The predicted octanol–water partition coefficient (Wildman–Crippen LogP) is 3.51. The number of rotatable bonds is 6. The molecule has 0 radical (unpaired) electrons. The number of carbonyl (C=O) groups excluding carboxylic acids is 1. The highest BCUT2D eigenvalue weighted by molar-refractivity contribution is 6.31. The number of benzene rings is 1. The molecule has 0 atom stereocenters. The van der Waals surface area contributed by atoms with Crippen LogP contribution in [0.15, 0.2) is 24.3 Å². The molecule has 1 aromatic carbocycles. The lowest BCUT2D eigenvalue weighted by atomic mass is 10.2. The number of nitrogens with zero attached hydrogens (tertiary/aromatic N) is 2. The van der Waals surface area contributed by atoms with E-state index in [1.807, 2.05) is 38.1 Å². The van der Waals surface area contributed by atoms with Gasteiger partial charge in [-0.15, -0.1) is 0 Å². The summed E-state index contributed by atoms with van der Waals surface area (Å²) in [5, 5.41) is 7.94. The zero-order valence-electron chi connectivity index (χ0n) is 13.0. The number of carbonyl (C=O) groups is 1. The number of halogens is 1. The molecule has 0 aliphatic heterocycles. The molecule has 0 aliphatic rings. The number of aryl methyl sites for hydroxylation is 1. The van der Waals surface area contributed by atoms with Crippen LogP contribution in [-0.2, 0) is 9.53 Å². The van der Waals surface area contributed by atoms with Crippen molar-refractivity contribution in [1.82, 2.24) is 9.78 Å². The lowest BCUT2D eigenvalue weighted by molar-refractivity contribution is -0.116. The van der Waals surface area contributed by atoms with Gasteiger partial charge in [-0.3, -0.25) is 4.79 Å². The second-order valence-electron chi connectivity index (χ2n) is 5.09. The van der Waals surface area contributed by atoms with Crippen molar-refractivity contribution in [1.29, 1.82) is 0 Å². The summed E-state index contributed by atoms with van der Waals surface area (Å²) in [7, 11) is 1.63. The Morgan fingerprint density at radius 3 is 2.55 bits per heavy atom. The number of hydrogen-bond donors (Lipinski definition) is 1. The van der Waals surface area contributed by atoms with Crippen molar-refractivity contribution in [3.8, 4) is 5.69 Å². The molecule has 5 nitrogen and oxygen atoms in total. The van der Waals surface area contributed by atoms with Gasteiger partial charge in [0.2, 0.25) is 5.91 Å². The smallest absolute Gasteiger partial charge is 0.224 e. The van der Waals surface area contributed by atoms with Gasteiger partial charge in [-0.25, -0.2) is 4.68 Å². The molecule has 0 saturated carbocycles. The van der Waals surface area contributed by atoms with Crippen molar-refractivity contribution in [2.45, 2.75) is 26.7 Å². The van der Waals surface area contributed by atoms with E-state index in [2.05, 4.69) is 10.4 Å². The van der Waals surface area contributed by atoms with E-state index in [-0.39, 0.29) is 5.91 Å². The van der Waals surface area contributed by atoms with Crippen molar-refractivity contribution < 1.29 is 9.53 Å². The van der Waals surface area contributed by atoms with Crippen LogP contribution in [0.3, 0.4) is 0 Å². The van der Waals surface area contributed by atoms with Crippen molar-refractivity contribution >= 4 is 23.2 Å². The molecule has 1 heterocycles. The third-order valence-corrected chi connectivity index (χ3v) is 3.90. The van der Waals surface area contributed by atoms with Gasteiger partial charge in [-0.2, -0.15) is 5.10 Å². The van der Waals surface area contributed by atoms with Crippen LogP contribution in [0.2, 0.25) is 5.02 Å². The van der Waals surface area contributed by atoms with Gasteiger partial charge in [-0.1, -0.05) is 11.6 Å². The maximum Gasteiger partial charge on any atom is 0.224 e. The Kier molecular flexibility index (Phi) is 5.57. The van der Waals surface area contributed by atoms with Crippen LogP contribution in [0.4, 0.5) is 5.69 Å². The number of anilines is 1. The molecule has 0 saturated heterocycles. The zero-order valence-corrected chi connectivity index (χ0v) is 13.8. The molecule has 118 valence electrons. The summed E-state index contributed by atoms with van der Waals surface area (Å²) in [4.78, 5) is 11.7. The van der Waals surface area contributed by atoms with Gasteiger partial charge < -0.3 is 10.1 Å². The van der Waals surface area contributed by atoms with Crippen LogP contribution in [0.5, 0.6) is 0 Å². The number of aromatic nitrogens is 2. The summed E-state index contributed by atoms with van der Waals surface area (Å²) in [5.74, 6) is -0.0149. The Morgan fingerprint density at radius 1 is 1.32 bits per heavy atom. The van der Waals surface area contributed by atoms with E-state index in [0.29, 0.717) is 24.5 Å². The molecule has 22 heavy (non-hydrogen) atoms. The summed E-state index contributed by atoms with van der Waals surface area (Å²) in [6.45, 7) is 4.39. The fourth-order valence-corrected chi connectivity index (χ4v) is 2.28. The number of methoxy groups -OCH3 is 1. The monoisotopic (exact) mass is 321 g/mol. The summed E-state index contributed by atoms with van der Waals surface area (Å²) in [5.41, 5.74) is 3.37. The second-order valence-corrected chi connectivity index (χ2v) is 5.47. The van der Waals surface area contributed by atoms with Crippen molar-refractivity contribution in [2.75, 3.05) is 19.0 Å².